The van der Waals surface area contributed by atoms with Gasteiger partial charge in [-0.3, -0.25) is 0 Å². The second-order valence-electron chi connectivity index (χ2n) is 4.70. The van der Waals surface area contributed by atoms with Crippen LogP contribution in [0.5, 0.6) is 0 Å². The second-order valence-corrected chi connectivity index (χ2v) is 4.70. The number of aliphatic hydroxyl groups excluding tert-OH is 1. The molecular formula is C16H16O. The first-order valence-corrected chi connectivity index (χ1v) is 6.25. The van der Waals surface area contributed by atoms with E-state index in [4.69, 9.17) is 0 Å². The Hall–Kier alpha value is -1.76. The predicted octanol–water partition coefficient (Wildman–Crippen LogP) is 4.48. The third-order valence-electron chi connectivity index (χ3n) is 3.57. The van der Waals surface area contributed by atoms with E-state index in [1.54, 1.807) is 0 Å². The Kier molecular flexibility index (Phi) is 2.60. The van der Waals surface area contributed by atoms with Crippen LogP contribution in [0.25, 0.3) is 12.2 Å². The summed E-state index contributed by atoms with van der Waals surface area (Å²) in [4.78, 5) is 0. The van der Waals surface area contributed by atoms with Crippen LogP contribution in [-0.4, -0.2) is 5.11 Å². The number of rotatable bonds is 0. The highest BCUT2D eigenvalue weighted by atomic mass is 16.3. The van der Waals surface area contributed by atoms with Crippen molar-refractivity contribution in [1.29, 1.82) is 0 Å². The molecule has 0 amide bonds. The molecule has 1 heteroatoms. The maximum absolute atomic E-state index is 10.2. The Morgan fingerprint density at radius 1 is 0.882 bits per heavy atom. The molecule has 1 N–H and O–H groups in total. The van der Waals surface area contributed by atoms with Gasteiger partial charge in [0.05, 0.1) is 0 Å². The van der Waals surface area contributed by atoms with Crippen LogP contribution in [0.2, 0.25) is 0 Å². The molecule has 0 aromatic heterocycles. The average molecular weight is 224 g/mol. The van der Waals surface area contributed by atoms with Gasteiger partial charge in [-0.25, -0.2) is 0 Å². The van der Waals surface area contributed by atoms with Crippen molar-refractivity contribution >= 4 is 12.2 Å². The molecule has 0 saturated carbocycles. The molecule has 17 heavy (non-hydrogen) atoms. The van der Waals surface area contributed by atoms with Crippen molar-refractivity contribution in [3.63, 3.8) is 0 Å². The molecule has 0 heterocycles. The van der Waals surface area contributed by atoms with Gasteiger partial charge in [-0.1, -0.05) is 36.4 Å². The molecule has 0 radical (unpaired) electrons. The van der Waals surface area contributed by atoms with Gasteiger partial charge in [0.15, 0.2) is 0 Å². The predicted molar refractivity (Wildman–Crippen MR) is 71.6 cm³/mol. The molecule has 3 rings (SSSR count). The molecule has 0 spiro atoms. The summed E-state index contributed by atoms with van der Waals surface area (Å²) in [5, 5.41) is 10.2. The summed E-state index contributed by atoms with van der Waals surface area (Å²) in [7, 11) is 0. The van der Waals surface area contributed by atoms with E-state index in [-0.39, 0.29) is 0 Å². The van der Waals surface area contributed by atoms with Gasteiger partial charge < -0.3 is 5.11 Å². The number of benzene rings is 1. The van der Waals surface area contributed by atoms with Gasteiger partial charge in [0, 0.05) is 0 Å². The van der Waals surface area contributed by atoms with Gasteiger partial charge in [0.25, 0.3) is 0 Å². The lowest BCUT2D eigenvalue weighted by Crippen LogP contribution is -2.02. The lowest BCUT2D eigenvalue weighted by atomic mass is 9.87. The Bertz CT molecular complexity index is 532. The number of aliphatic hydroxyl groups is 1. The van der Waals surface area contributed by atoms with Gasteiger partial charge in [0.2, 0.25) is 0 Å². The standard InChI is InChI=1S/C16H16O/c17-16-11-14-7-2-1-5-12(14)9-10-13-6-3-4-8-15(13)16/h1-2,5,7,9-11,17H,3-4,6,8H2/b10-9-,12-9?,13-10?,14-11?,16-11+,16-15?. The van der Waals surface area contributed by atoms with Crippen LogP contribution in [0.15, 0.2) is 47.2 Å². The summed E-state index contributed by atoms with van der Waals surface area (Å²) in [6.45, 7) is 0. The van der Waals surface area contributed by atoms with Crippen molar-refractivity contribution in [2.75, 3.05) is 0 Å². The monoisotopic (exact) mass is 224 g/mol. The zero-order valence-corrected chi connectivity index (χ0v) is 9.82. The zero-order chi connectivity index (χ0) is 11.7. The first-order chi connectivity index (χ1) is 8.34. The van der Waals surface area contributed by atoms with Crippen LogP contribution < -0.4 is 0 Å². The van der Waals surface area contributed by atoms with Crippen molar-refractivity contribution in [2.24, 2.45) is 0 Å². The molecule has 1 aromatic carbocycles. The number of fused-ring (bicyclic) bond motifs is 1. The van der Waals surface area contributed by atoms with E-state index in [1.807, 2.05) is 24.3 Å². The third kappa shape index (κ3) is 1.93. The third-order valence-corrected chi connectivity index (χ3v) is 3.57. The lowest BCUT2D eigenvalue weighted by Gasteiger charge is -2.19. The minimum atomic E-state index is 0.455. The molecule has 86 valence electrons. The molecule has 2 aliphatic carbocycles. The molecule has 0 unspecified atom stereocenters. The highest BCUT2D eigenvalue weighted by Gasteiger charge is 2.15. The molecular weight excluding hydrogens is 208 g/mol. The minimum Gasteiger partial charge on any atom is -0.508 e. The van der Waals surface area contributed by atoms with E-state index in [0.717, 1.165) is 24.0 Å². The van der Waals surface area contributed by atoms with Gasteiger partial charge in [-0.2, -0.15) is 0 Å². The highest BCUT2D eigenvalue weighted by molar-refractivity contribution is 5.71. The van der Waals surface area contributed by atoms with Crippen LogP contribution in [0, 0.1) is 0 Å². The maximum atomic E-state index is 10.2. The first-order valence-electron chi connectivity index (χ1n) is 6.25. The summed E-state index contributed by atoms with van der Waals surface area (Å²) in [5.74, 6) is 0.455. The molecule has 0 aliphatic heterocycles. The van der Waals surface area contributed by atoms with Crippen molar-refractivity contribution < 1.29 is 5.11 Å². The van der Waals surface area contributed by atoms with E-state index < -0.39 is 0 Å². The van der Waals surface area contributed by atoms with Crippen LogP contribution in [-0.2, 0) is 0 Å². The summed E-state index contributed by atoms with van der Waals surface area (Å²) >= 11 is 0. The Labute approximate surface area is 102 Å². The van der Waals surface area contributed by atoms with E-state index in [1.165, 1.54) is 24.0 Å². The maximum Gasteiger partial charge on any atom is 0.119 e. The van der Waals surface area contributed by atoms with E-state index in [9.17, 15) is 5.11 Å². The Morgan fingerprint density at radius 2 is 1.65 bits per heavy atom. The van der Waals surface area contributed by atoms with Gasteiger partial charge in [-0.05, 0) is 54.0 Å². The highest BCUT2D eigenvalue weighted by Crippen LogP contribution is 2.33. The quantitative estimate of drug-likeness (QED) is 0.688. The first kappa shape index (κ1) is 10.4. The molecule has 0 fully saturated rings. The normalized spacial score (nSPS) is 23.9. The molecule has 0 saturated heterocycles. The summed E-state index contributed by atoms with van der Waals surface area (Å²) in [5.41, 5.74) is 4.72. The SMILES string of the molecule is O/C1=C/c2ccccc2/C=C\C2=C1CCCC2. The largest absolute Gasteiger partial charge is 0.508 e. The smallest absolute Gasteiger partial charge is 0.119 e. The fourth-order valence-electron chi connectivity index (χ4n) is 2.62. The molecule has 1 aromatic rings. The molecule has 1 nitrogen and oxygen atoms in total. The number of hydrogen-bond acceptors (Lipinski definition) is 1. The molecule has 0 atom stereocenters. The second kappa shape index (κ2) is 4.25. The van der Waals surface area contributed by atoms with Crippen LogP contribution >= 0.6 is 0 Å². The Morgan fingerprint density at radius 3 is 2.53 bits per heavy atom. The van der Waals surface area contributed by atoms with Crippen molar-refractivity contribution in [2.45, 2.75) is 25.7 Å². The fraction of sp³-hybridized carbons (Fsp3) is 0.250. The van der Waals surface area contributed by atoms with E-state index >= 15 is 0 Å². The lowest BCUT2D eigenvalue weighted by molar-refractivity contribution is 0.418. The van der Waals surface area contributed by atoms with Gasteiger partial charge in [0.1, 0.15) is 5.76 Å². The summed E-state index contributed by atoms with van der Waals surface area (Å²) in [6, 6.07) is 8.17. The van der Waals surface area contributed by atoms with Crippen molar-refractivity contribution in [3.8, 4) is 0 Å². The van der Waals surface area contributed by atoms with Crippen LogP contribution in [0.3, 0.4) is 0 Å². The summed E-state index contributed by atoms with van der Waals surface area (Å²) in [6.07, 6.45) is 10.8. The zero-order valence-electron chi connectivity index (χ0n) is 9.82. The van der Waals surface area contributed by atoms with Crippen molar-refractivity contribution in [1.82, 2.24) is 0 Å². The van der Waals surface area contributed by atoms with E-state index in [0.29, 0.717) is 5.76 Å². The van der Waals surface area contributed by atoms with Gasteiger partial charge >= 0.3 is 0 Å². The molecule has 2 aliphatic rings. The number of hydrogen-bond donors (Lipinski definition) is 1. The van der Waals surface area contributed by atoms with E-state index in [2.05, 4.69) is 18.2 Å². The Balaban J connectivity index is 2.14. The summed E-state index contributed by atoms with van der Waals surface area (Å²) < 4.78 is 0. The van der Waals surface area contributed by atoms with Crippen molar-refractivity contribution in [3.05, 3.63) is 58.4 Å². The minimum absolute atomic E-state index is 0.455. The van der Waals surface area contributed by atoms with Gasteiger partial charge in [-0.15, -0.1) is 0 Å². The topological polar surface area (TPSA) is 20.2 Å². The number of allylic oxidation sites excluding steroid dienone is 3. The average Bonchev–Trinajstić information content (AvgIpc) is 2.36. The fourth-order valence-corrected chi connectivity index (χ4v) is 2.62. The van der Waals surface area contributed by atoms with Crippen LogP contribution in [0.1, 0.15) is 36.8 Å². The van der Waals surface area contributed by atoms with Crippen LogP contribution in [0.4, 0.5) is 0 Å². The molecule has 0 bridgehead atoms.